The molecule has 1 aliphatic rings. The molecule has 1 saturated heterocycles. The zero-order chi connectivity index (χ0) is 9.97. The van der Waals surface area contributed by atoms with E-state index in [2.05, 4.69) is 4.98 Å². The highest BCUT2D eigenvalue weighted by Crippen LogP contribution is 2.21. The third-order valence-electron chi connectivity index (χ3n) is 2.48. The lowest BCUT2D eigenvalue weighted by Gasteiger charge is -2.23. The second kappa shape index (κ2) is 4.04. The third-order valence-corrected chi connectivity index (χ3v) is 3.63. The first-order valence-corrected chi connectivity index (χ1v) is 5.77. The molecule has 2 heterocycles. The lowest BCUT2D eigenvalue weighted by Crippen LogP contribution is -2.39. The van der Waals surface area contributed by atoms with Crippen molar-refractivity contribution in [2.24, 2.45) is 0 Å². The Morgan fingerprint density at radius 1 is 1.71 bits per heavy atom. The van der Waals surface area contributed by atoms with Crippen molar-refractivity contribution in [3.63, 3.8) is 0 Å². The number of aromatic nitrogens is 2. The van der Waals surface area contributed by atoms with E-state index in [1.165, 1.54) is 4.57 Å². The molecular formula is C9H13N3OS. The van der Waals surface area contributed by atoms with Gasteiger partial charge in [-0.1, -0.05) is 0 Å². The van der Waals surface area contributed by atoms with Gasteiger partial charge in [-0.05, 0) is 12.2 Å². The van der Waals surface area contributed by atoms with Crippen LogP contribution in [-0.4, -0.2) is 45.1 Å². The van der Waals surface area contributed by atoms with Gasteiger partial charge in [0.05, 0.1) is 0 Å². The number of hydrogen-bond acceptors (Lipinski definition) is 3. The van der Waals surface area contributed by atoms with Crippen LogP contribution in [0.2, 0.25) is 0 Å². The third kappa shape index (κ3) is 1.77. The molecule has 0 aromatic carbocycles. The molecule has 1 unspecified atom stereocenters. The second-order valence-corrected chi connectivity index (χ2v) is 4.53. The van der Waals surface area contributed by atoms with Gasteiger partial charge < -0.3 is 4.90 Å². The van der Waals surface area contributed by atoms with E-state index in [0.717, 1.165) is 17.9 Å². The fraction of sp³-hybridized carbons (Fsp3) is 0.556. The van der Waals surface area contributed by atoms with Crippen LogP contribution in [0.1, 0.15) is 6.42 Å². The highest BCUT2D eigenvalue weighted by atomic mass is 32.2. The highest BCUT2D eigenvalue weighted by molar-refractivity contribution is 7.99. The molecule has 0 aliphatic carbocycles. The Balaban J connectivity index is 2.04. The Labute approximate surface area is 87.3 Å². The molecule has 0 bridgehead atoms. The summed E-state index contributed by atoms with van der Waals surface area (Å²) in [6.07, 6.45) is 5.94. The number of imidazole rings is 1. The van der Waals surface area contributed by atoms with Crippen LogP contribution in [0.25, 0.3) is 0 Å². The minimum absolute atomic E-state index is 0.00926. The molecule has 2 rings (SSSR count). The maximum absolute atomic E-state index is 11.8. The number of nitrogens with zero attached hydrogens (tertiary/aromatic N) is 3. The van der Waals surface area contributed by atoms with Crippen molar-refractivity contribution in [3.05, 3.63) is 18.7 Å². The molecule has 0 radical (unpaired) electrons. The van der Waals surface area contributed by atoms with Crippen LogP contribution in [0.5, 0.6) is 0 Å². The first-order valence-electron chi connectivity index (χ1n) is 4.62. The van der Waals surface area contributed by atoms with Crippen LogP contribution in [0.15, 0.2) is 18.7 Å². The maximum Gasteiger partial charge on any atom is 0.329 e. The molecule has 1 amide bonds. The van der Waals surface area contributed by atoms with Crippen molar-refractivity contribution >= 4 is 17.8 Å². The summed E-state index contributed by atoms with van der Waals surface area (Å²) in [6.45, 7) is 0. The van der Waals surface area contributed by atoms with Gasteiger partial charge in [-0.2, -0.15) is 11.8 Å². The second-order valence-electron chi connectivity index (χ2n) is 3.38. The molecule has 0 spiro atoms. The van der Waals surface area contributed by atoms with Crippen LogP contribution in [-0.2, 0) is 0 Å². The van der Waals surface area contributed by atoms with Crippen molar-refractivity contribution in [2.45, 2.75) is 12.5 Å². The zero-order valence-electron chi connectivity index (χ0n) is 8.09. The molecule has 1 fully saturated rings. The molecule has 1 aromatic heterocycles. The number of hydrogen-bond donors (Lipinski definition) is 0. The standard InChI is InChI=1S/C9H13N3OS/c1-11(8-2-5-14-6-8)9(13)12-4-3-10-7-12/h3-4,7-8H,2,5-6H2,1H3. The van der Waals surface area contributed by atoms with E-state index in [4.69, 9.17) is 0 Å². The van der Waals surface area contributed by atoms with Crippen LogP contribution < -0.4 is 0 Å². The van der Waals surface area contributed by atoms with Crippen LogP contribution in [0.4, 0.5) is 4.79 Å². The van der Waals surface area contributed by atoms with Crippen molar-refractivity contribution in [1.29, 1.82) is 0 Å². The largest absolute Gasteiger partial charge is 0.329 e. The Morgan fingerprint density at radius 3 is 3.14 bits per heavy atom. The first-order chi connectivity index (χ1) is 6.79. The zero-order valence-corrected chi connectivity index (χ0v) is 8.91. The van der Waals surface area contributed by atoms with Gasteiger partial charge in [0, 0.05) is 31.2 Å². The maximum atomic E-state index is 11.8. The average molecular weight is 211 g/mol. The Morgan fingerprint density at radius 2 is 2.57 bits per heavy atom. The summed E-state index contributed by atoms with van der Waals surface area (Å²) in [6, 6.07) is 0.393. The van der Waals surface area contributed by atoms with Gasteiger partial charge in [0.2, 0.25) is 0 Å². The van der Waals surface area contributed by atoms with E-state index in [0.29, 0.717) is 6.04 Å². The van der Waals surface area contributed by atoms with E-state index in [1.807, 2.05) is 23.7 Å². The van der Waals surface area contributed by atoms with Gasteiger partial charge in [-0.3, -0.25) is 4.57 Å². The Bertz CT molecular complexity index is 306. The fourth-order valence-corrected chi connectivity index (χ4v) is 2.81. The Kier molecular flexibility index (Phi) is 2.77. The van der Waals surface area contributed by atoms with Crippen molar-refractivity contribution in [2.75, 3.05) is 18.6 Å². The molecule has 1 aromatic rings. The lowest BCUT2D eigenvalue weighted by molar-refractivity contribution is 0.197. The minimum Gasteiger partial charge on any atom is -0.323 e. The summed E-state index contributed by atoms with van der Waals surface area (Å²) in [7, 11) is 1.86. The predicted octanol–water partition coefficient (Wildman–Crippen LogP) is 1.29. The van der Waals surface area contributed by atoms with Gasteiger partial charge in [-0.25, -0.2) is 9.78 Å². The molecule has 1 aliphatic heterocycles. The van der Waals surface area contributed by atoms with Crippen LogP contribution >= 0.6 is 11.8 Å². The predicted molar refractivity (Wildman–Crippen MR) is 56.5 cm³/mol. The number of carbonyl (C=O) groups is 1. The number of carbonyl (C=O) groups excluding carboxylic acids is 1. The van der Waals surface area contributed by atoms with Gasteiger partial charge >= 0.3 is 6.03 Å². The van der Waals surface area contributed by atoms with E-state index >= 15 is 0 Å². The molecule has 14 heavy (non-hydrogen) atoms. The minimum atomic E-state index is 0.00926. The average Bonchev–Trinajstić information content (AvgIpc) is 2.87. The fourth-order valence-electron chi connectivity index (χ4n) is 1.54. The van der Waals surface area contributed by atoms with Gasteiger partial charge in [0.1, 0.15) is 6.33 Å². The van der Waals surface area contributed by atoms with Crippen molar-refractivity contribution in [3.8, 4) is 0 Å². The molecule has 1 atom stereocenters. The Hall–Kier alpha value is -0.970. The molecule has 76 valence electrons. The van der Waals surface area contributed by atoms with Crippen molar-refractivity contribution in [1.82, 2.24) is 14.5 Å². The quantitative estimate of drug-likeness (QED) is 0.702. The monoisotopic (exact) mass is 211 g/mol. The lowest BCUT2D eigenvalue weighted by atomic mass is 10.2. The first kappa shape index (κ1) is 9.58. The van der Waals surface area contributed by atoms with Crippen molar-refractivity contribution < 1.29 is 4.79 Å². The van der Waals surface area contributed by atoms with Gasteiger partial charge in [-0.15, -0.1) is 0 Å². The summed E-state index contributed by atoms with van der Waals surface area (Å²) in [5, 5.41) is 0. The number of amides is 1. The van der Waals surface area contributed by atoms with Crippen LogP contribution in [0, 0.1) is 0 Å². The summed E-state index contributed by atoms with van der Waals surface area (Å²) in [5.74, 6) is 2.21. The van der Waals surface area contributed by atoms with E-state index < -0.39 is 0 Å². The van der Waals surface area contributed by atoms with E-state index in [9.17, 15) is 4.79 Å². The smallest absolute Gasteiger partial charge is 0.323 e. The van der Waals surface area contributed by atoms with E-state index in [1.54, 1.807) is 18.7 Å². The topological polar surface area (TPSA) is 38.1 Å². The molecule has 0 saturated carbocycles. The summed E-state index contributed by atoms with van der Waals surface area (Å²) in [4.78, 5) is 17.5. The number of thioether (sulfide) groups is 1. The summed E-state index contributed by atoms with van der Waals surface area (Å²) in [5.41, 5.74) is 0. The van der Waals surface area contributed by atoms with E-state index in [-0.39, 0.29) is 6.03 Å². The van der Waals surface area contributed by atoms with Crippen LogP contribution in [0.3, 0.4) is 0 Å². The SMILES string of the molecule is CN(C(=O)n1ccnc1)C1CCSC1. The molecule has 0 N–H and O–H groups in total. The molecule has 4 nitrogen and oxygen atoms in total. The molecular weight excluding hydrogens is 198 g/mol. The highest BCUT2D eigenvalue weighted by Gasteiger charge is 2.24. The molecule has 5 heteroatoms. The van der Waals surface area contributed by atoms with Gasteiger partial charge in [0.15, 0.2) is 0 Å². The van der Waals surface area contributed by atoms with Gasteiger partial charge in [0.25, 0.3) is 0 Å². The summed E-state index contributed by atoms with van der Waals surface area (Å²) >= 11 is 1.91. The normalized spacial score (nSPS) is 21.1. The summed E-state index contributed by atoms with van der Waals surface area (Å²) < 4.78 is 1.52. The number of rotatable bonds is 1.